The minimum Gasteiger partial charge on any atom is -0.381 e. The summed E-state index contributed by atoms with van der Waals surface area (Å²) in [6.07, 6.45) is 2.12. The molecule has 0 aliphatic carbocycles. The van der Waals surface area contributed by atoms with Gasteiger partial charge in [-0.25, -0.2) is 4.98 Å². The van der Waals surface area contributed by atoms with Gasteiger partial charge in [0.05, 0.1) is 24.0 Å². The molecule has 130 valence electrons. The first-order chi connectivity index (χ1) is 11.2. The summed E-state index contributed by atoms with van der Waals surface area (Å²) in [5.74, 6) is -0.284. The highest BCUT2D eigenvalue weighted by atomic mass is 32.2. The van der Waals surface area contributed by atoms with Crippen LogP contribution in [-0.4, -0.2) is 30.1 Å². The third-order valence-electron chi connectivity index (χ3n) is 3.56. The number of rotatable bonds is 3. The molecule has 1 aliphatic heterocycles. The van der Waals surface area contributed by atoms with Crippen molar-refractivity contribution in [2.24, 2.45) is 7.05 Å². The van der Waals surface area contributed by atoms with Gasteiger partial charge >= 0.3 is 15.6 Å². The SMILES string of the molecule is Cn1cnc2ccc(C3C=C(OS(=O)(=O)C(F)(F)F)CCO3)cc21. The lowest BCUT2D eigenvalue weighted by Gasteiger charge is -2.22. The van der Waals surface area contributed by atoms with Crippen LogP contribution in [0.2, 0.25) is 0 Å². The first kappa shape index (κ1) is 16.8. The average Bonchev–Trinajstić information content (AvgIpc) is 2.87. The van der Waals surface area contributed by atoms with Crippen molar-refractivity contribution in [3.05, 3.63) is 41.9 Å². The minimum atomic E-state index is -5.67. The van der Waals surface area contributed by atoms with Crippen molar-refractivity contribution >= 4 is 21.2 Å². The summed E-state index contributed by atoms with van der Waals surface area (Å²) in [5.41, 5.74) is -3.22. The molecule has 2 heterocycles. The number of fused-ring (bicyclic) bond motifs is 1. The first-order valence-corrected chi connectivity index (χ1v) is 8.32. The summed E-state index contributed by atoms with van der Waals surface area (Å²) < 4.78 is 70.9. The van der Waals surface area contributed by atoms with Gasteiger partial charge in [0, 0.05) is 13.5 Å². The van der Waals surface area contributed by atoms with E-state index in [9.17, 15) is 21.6 Å². The van der Waals surface area contributed by atoms with Crippen LogP contribution in [0, 0.1) is 0 Å². The Labute approximate surface area is 135 Å². The van der Waals surface area contributed by atoms with Gasteiger partial charge in [0.25, 0.3) is 0 Å². The number of aromatic nitrogens is 2. The lowest BCUT2D eigenvalue weighted by molar-refractivity contribution is -0.0530. The fourth-order valence-electron chi connectivity index (χ4n) is 2.36. The van der Waals surface area contributed by atoms with E-state index in [1.54, 1.807) is 36.1 Å². The second-order valence-corrected chi connectivity index (χ2v) is 6.80. The molecule has 3 rings (SSSR count). The van der Waals surface area contributed by atoms with Crippen LogP contribution >= 0.6 is 0 Å². The Kier molecular flexibility index (Phi) is 4.04. The molecule has 6 nitrogen and oxygen atoms in total. The number of hydrogen-bond donors (Lipinski definition) is 0. The molecule has 0 spiro atoms. The van der Waals surface area contributed by atoms with Crippen LogP contribution in [-0.2, 0) is 26.1 Å². The number of imidazole rings is 1. The first-order valence-electron chi connectivity index (χ1n) is 6.91. The van der Waals surface area contributed by atoms with Crippen molar-refractivity contribution < 1.29 is 30.5 Å². The lowest BCUT2D eigenvalue weighted by atomic mass is 10.1. The lowest BCUT2D eigenvalue weighted by Crippen LogP contribution is -2.26. The van der Waals surface area contributed by atoms with Gasteiger partial charge in [0.1, 0.15) is 11.9 Å². The third-order valence-corrected chi connectivity index (χ3v) is 4.56. The zero-order valence-corrected chi connectivity index (χ0v) is 13.3. The highest BCUT2D eigenvalue weighted by Crippen LogP contribution is 2.32. The monoisotopic (exact) mass is 362 g/mol. The molecule has 0 bridgehead atoms. The van der Waals surface area contributed by atoms with Crippen molar-refractivity contribution in [3.63, 3.8) is 0 Å². The molecule has 1 aliphatic rings. The van der Waals surface area contributed by atoms with Gasteiger partial charge in [-0.2, -0.15) is 21.6 Å². The normalized spacial score (nSPS) is 19.3. The van der Waals surface area contributed by atoms with Gasteiger partial charge in [-0.05, 0) is 23.8 Å². The molecule has 24 heavy (non-hydrogen) atoms. The Balaban J connectivity index is 1.89. The van der Waals surface area contributed by atoms with Crippen LogP contribution in [0.15, 0.2) is 36.4 Å². The summed E-state index contributed by atoms with van der Waals surface area (Å²) in [5, 5.41) is 0. The third kappa shape index (κ3) is 3.11. The van der Waals surface area contributed by atoms with Gasteiger partial charge < -0.3 is 13.5 Å². The number of hydrogen-bond acceptors (Lipinski definition) is 5. The van der Waals surface area contributed by atoms with Crippen LogP contribution in [0.3, 0.4) is 0 Å². The second kappa shape index (κ2) is 5.78. The van der Waals surface area contributed by atoms with Crippen molar-refractivity contribution in [1.29, 1.82) is 0 Å². The highest BCUT2D eigenvalue weighted by Gasteiger charge is 2.49. The smallest absolute Gasteiger partial charge is 0.381 e. The van der Waals surface area contributed by atoms with E-state index in [0.717, 1.165) is 11.0 Å². The maximum atomic E-state index is 12.4. The van der Waals surface area contributed by atoms with Gasteiger partial charge in [0.15, 0.2) is 0 Å². The summed E-state index contributed by atoms with van der Waals surface area (Å²) >= 11 is 0. The number of benzene rings is 1. The molecular weight excluding hydrogens is 349 g/mol. The Hall–Kier alpha value is -2.07. The van der Waals surface area contributed by atoms with E-state index in [1.165, 1.54) is 6.08 Å². The number of nitrogens with zero attached hydrogens (tertiary/aromatic N) is 2. The molecule has 1 aromatic carbocycles. The zero-order valence-electron chi connectivity index (χ0n) is 12.4. The molecule has 0 saturated carbocycles. The van der Waals surface area contributed by atoms with E-state index in [1.807, 2.05) is 0 Å². The van der Waals surface area contributed by atoms with E-state index in [2.05, 4.69) is 9.17 Å². The molecule has 1 atom stereocenters. The Bertz CT molecular complexity index is 902. The van der Waals surface area contributed by atoms with E-state index >= 15 is 0 Å². The van der Waals surface area contributed by atoms with Crippen LogP contribution < -0.4 is 0 Å². The topological polar surface area (TPSA) is 70.4 Å². The van der Waals surface area contributed by atoms with E-state index < -0.39 is 21.7 Å². The molecule has 0 N–H and O–H groups in total. The van der Waals surface area contributed by atoms with Crippen LogP contribution in [0.4, 0.5) is 13.2 Å². The quantitative estimate of drug-likeness (QED) is 0.620. The fraction of sp³-hybridized carbons (Fsp3) is 0.357. The molecule has 0 fully saturated rings. The predicted octanol–water partition coefficient (Wildman–Crippen LogP) is 2.78. The number of ether oxygens (including phenoxy) is 1. The van der Waals surface area contributed by atoms with E-state index in [4.69, 9.17) is 4.74 Å². The molecule has 0 amide bonds. The number of halogens is 3. The van der Waals surface area contributed by atoms with Crippen molar-refractivity contribution in [3.8, 4) is 0 Å². The average molecular weight is 362 g/mol. The Morgan fingerprint density at radius 1 is 1.38 bits per heavy atom. The van der Waals surface area contributed by atoms with Gasteiger partial charge in [-0.3, -0.25) is 0 Å². The number of aryl methyl sites for hydroxylation is 1. The minimum absolute atomic E-state index is 0.0489. The second-order valence-electron chi connectivity index (χ2n) is 5.26. The van der Waals surface area contributed by atoms with Gasteiger partial charge in [0.2, 0.25) is 0 Å². The van der Waals surface area contributed by atoms with Crippen LogP contribution in [0.5, 0.6) is 0 Å². The molecule has 1 unspecified atom stereocenters. The molecule has 0 saturated heterocycles. The van der Waals surface area contributed by atoms with E-state index in [-0.39, 0.29) is 18.8 Å². The van der Waals surface area contributed by atoms with Crippen molar-refractivity contribution in [1.82, 2.24) is 9.55 Å². The molecular formula is C14H13F3N2O4S. The van der Waals surface area contributed by atoms with Crippen molar-refractivity contribution in [2.45, 2.75) is 18.0 Å². The van der Waals surface area contributed by atoms with Gasteiger partial charge in [-0.15, -0.1) is 0 Å². The maximum absolute atomic E-state index is 12.4. The summed E-state index contributed by atoms with van der Waals surface area (Å²) in [6.45, 7) is 0.0489. The summed E-state index contributed by atoms with van der Waals surface area (Å²) in [7, 11) is -3.87. The summed E-state index contributed by atoms with van der Waals surface area (Å²) in [4.78, 5) is 4.17. The Morgan fingerprint density at radius 3 is 2.83 bits per heavy atom. The Morgan fingerprint density at radius 2 is 2.12 bits per heavy atom. The summed E-state index contributed by atoms with van der Waals surface area (Å²) in [6, 6.07) is 5.26. The standard InChI is InChI=1S/C14H13F3N2O4S/c1-19-8-18-11-3-2-9(6-12(11)19)13-7-10(4-5-22-13)23-24(20,21)14(15,16)17/h2-3,6-8,13H,4-5H2,1H3. The maximum Gasteiger partial charge on any atom is 0.534 e. The highest BCUT2D eigenvalue weighted by molar-refractivity contribution is 7.87. The molecule has 1 aromatic heterocycles. The number of alkyl halides is 3. The molecule has 0 radical (unpaired) electrons. The van der Waals surface area contributed by atoms with Crippen molar-refractivity contribution in [2.75, 3.05) is 6.61 Å². The largest absolute Gasteiger partial charge is 0.534 e. The zero-order chi connectivity index (χ0) is 17.5. The predicted molar refractivity (Wildman–Crippen MR) is 78.2 cm³/mol. The fourth-order valence-corrected chi connectivity index (χ4v) is 2.87. The molecule has 2 aromatic rings. The van der Waals surface area contributed by atoms with Crippen LogP contribution in [0.25, 0.3) is 11.0 Å². The van der Waals surface area contributed by atoms with Crippen LogP contribution in [0.1, 0.15) is 18.1 Å². The van der Waals surface area contributed by atoms with Gasteiger partial charge in [-0.1, -0.05) is 6.07 Å². The van der Waals surface area contributed by atoms with E-state index in [0.29, 0.717) is 5.56 Å². The molecule has 10 heteroatoms.